The summed E-state index contributed by atoms with van der Waals surface area (Å²) in [5.74, 6) is 3.62. The molecule has 2 rings (SSSR count). The molecular weight excluding hydrogens is 272 g/mol. The van der Waals surface area contributed by atoms with Gasteiger partial charge in [-0.3, -0.25) is 0 Å². The fraction of sp³-hybridized carbons (Fsp3) is 0.647. The zero-order valence-electron chi connectivity index (χ0n) is 12.0. The van der Waals surface area contributed by atoms with E-state index in [-0.39, 0.29) is 0 Å². The van der Waals surface area contributed by atoms with Gasteiger partial charge in [-0.05, 0) is 61.3 Å². The largest absolute Gasteiger partial charge is 0.126 e. The summed E-state index contributed by atoms with van der Waals surface area (Å²) >= 11 is 8.49. The Kier molecular flexibility index (Phi) is 6.09. The summed E-state index contributed by atoms with van der Waals surface area (Å²) in [4.78, 5) is 1.38. The molecule has 0 bridgehead atoms. The van der Waals surface area contributed by atoms with Crippen molar-refractivity contribution in [2.45, 2.75) is 49.8 Å². The first-order valence-corrected chi connectivity index (χ1v) is 8.91. The number of hydrogen-bond acceptors (Lipinski definition) is 1. The average Bonchev–Trinajstić information content (AvgIpc) is 2.42. The second-order valence-electron chi connectivity index (χ2n) is 6.04. The van der Waals surface area contributed by atoms with Crippen LogP contribution in [0.1, 0.15) is 39.5 Å². The highest BCUT2D eigenvalue weighted by molar-refractivity contribution is 7.99. The maximum absolute atomic E-state index is 6.53. The monoisotopic (exact) mass is 296 g/mol. The summed E-state index contributed by atoms with van der Waals surface area (Å²) < 4.78 is 0. The predicted molar refractivity (Wildman–Crippen MR) is 87.1 cm³/mol. The van der Waals surface area contributed by atoms with Crippen LogP contribution in [-0.4, -0.2) is 11.1 Å². The zero-order chi connectivity index (χ0) is 13.7. The Bertz CT molecular complexity index is 363. The van der Waals surface area contributed by atoms with E-state index in [2.05, 4.69) is 44.2 Å². The Morgan fingerprint density at radius 3 is 2.63 bits per heavy atom. The van der Waals surface area contributed by atoms with Crippen molar-refractivity contribution < 1.29 is 0 Å². The van der Waals surface area contributed by atoms with Crippen LogP contribution in [0.2, 0.25) is 0 Å². The topological polar surface area (TPSA) is 0 Å². The lowest BCUT2D eigenvalue weighted by atomic mass is 9.75. The maximum atomic E-state index is 6.53. The lowest BCUT2D eigenvalue weighted by Gasteiger charge is -2.35. The third kappa shape index (κ3) is 4.72. The van der Waals surface area contributed by atoms with E-state index in [1.165, 1.54) is 36.3 Å². The molecule has 0 nitrogen and oxygen atoms in total. The summed E-state index contributed by atoms with van der Waals surface area (Å²) in [5.41, 5.74) is 0. The molecule has 0 amide bonds. The summed E-state index contributed by atoms with van der Waals surface area (Å²) in [6, 6.07) is 10.7. The highest BCUT2D eigenvalue weighted by Crippen LogP contribution is 2.38. The normalized spacial score (nSPS) is 27.7. The van der Waals surface area contributed by atoms with E-state index in [0.29, 0.717) is 5.38 Å². The Labute approximate surface area is 127 Å². The van der Waals surface area contributed by atoms with Gasteiger partial charge in [0.05, 0.1) is 0 Å². The molecule has 1 aliphatic rings. The number of rotatable bonds is 5. The summed E-state index contributed by atoms with van der Waals surface area (Å²) in [5, 5.41) is 0.409. The van der Waals surface area contributed by atoms with E-state index in [0.717, 1.165) is 17.8 Å². The minimum absolute atomic E-state index is 0.409. The highest BCUT2D eigenvalue weighted by Gasteiger charge is 2.30. The van der Waals surface area contributed by atoms with Gasteiger partial charge in [-0.2, -0.15) is 0 Å². The van der Waals surface area contributed by atoms with Crippen LogP contribution in [0.3, 0.4) is 0 Å². The van der Waals surface area contributed by atoms with Gasteiger partial charge >= 0.3 is 0 Å². The van der Waals surface area contributed by atoms with Crippen molar-refractivity contribution in [1.29, 1.82) is 0 Å². The molecule has 1 fully saturated rings. The fourth-order valence-electron chi connectivity index (χ4n) is 3.01. The molecule has 0 heterocycles. The van der Waals surface area contributed by atoms with E-state index < -0.39 is 0 Å². The molecule has 19 heavy (non-hydrogen) atoms. The Hall–Kier alpha value is -0.140. The summed E-state index contributed by atoms with van der Waals surface area (Å²) in [6.45, 7) is 4.71. The molecule has 0 radical (unpaired) electrons. The van der Waals surface area contributed by atoms with Gasteiger partial charge in [-0.1, -0.05) is 32.0 Å². The Morgan fingerprint density at radius 1 is 1.21 bits per heavy atom. The van der Waals surface area contributed by atoms with Crippen LogP contribution in [0, 0.1) is 17.8 Å². The predicted octanol–water partition coefficient (Wildman–Crippen LogP) is 5.85. The second kappa shape index (κ2) is 7.59. The first-order chi connectivity index (χ1) is 9.16. The van der Waals surface area contributed by atoms with Crippen LogP contribution in [0.4, 0.5) is 0 Å². The van der Waals surface area contributed by atoms with Gasteiger partial charge in [0.2, 0.25) is 0 Å². The van der Waals surface area contributed by atoms with Gasteiger partial charge in [0.15, 0.2) is 0 Å². The molecule has 0 N–H and O–H groups in total. The van der Waals surface area contributed by atoms with Crippen molar-refractivity contribution in [2.24, 2.45) is 17.8 Å². The smallest absolute Gasteiger partial charge is 0.0364 e. The highest BCUT2D eigenvalue weighted by atomic mass is 35.5. The zero-order valence-corrected chi connectivity index (χ0v) is 13.6. The molecule has 3 unspecified atom stereocenters. The van der Waals surface area contributed by atoms with Crippen molar-refractivity contribution in [3.05, 3.63) is 30.3 Å². The molecule has 106 valence electrons. The second-order valence-corrected chi connectivity index (χ2v) is 7.77. The molecule has 1 aliphatic carbocycles. The first-order valence-electron chi connectivity index (χ1n) is 7.48. The van der Waals surface area contributed by atoms with Crippen LogP contribution in [0.15, 0.2) is 35.2 Å². The standard InChI is InChI=1S/C17H25ClS/c1-13(2)14-8-9-17(18)15(12-14)10-11-19-16-6-4-3-5-7-16/h3-7,13-15,17H,8-12H2,1-2H3. The van der Waals surface area contributed by atoms with Crippen LogP contribution in [-0.2, 0) is 0 Å². The van der Waals surface area contributed by atoms with Crippen molar-refractivity contribution >= 4 is 23.4 Å². The van der Waals surface area contributed by atoms with Gasteiger partial charge in [-0.25, -0.2) is 0 Å². The van der Waals surface area contributed by atoms with Gasteiger partial charge in [-0.15, -0.1) is 23.4 Å². The van der Waals surface area contributed by atoms with Crippen LogP contribution < -0.4 is 0 Å². The molecular formula is C17H25ClS. The molecule has 0 aliphatic heterocycles. The minimum atomic E-state index is 0.409. The number of halogens is 1. The minimum Gasteiger partial charge on any atom is -0.126 e. The number of alkyl halides is 1. The number of benzene rings is 1. The van der Waals surface area contributed by atoms with Gasteiger partial charge < -0.3 is 0 Å². The van der Waals surface area contributed by atoms with Crippen molar-refractivity contribution in [2.75, 3.05) is 5.75 Å². The van der Waals surface area contributed by atoms with Gasteiger partial charge in [0.1, 0.15) is 0 Å². The summed E-state index contributed by atoms with van der Waals surface area (Å²) in [7, 11) is 0. The van der Waals surface area contributed by atoms with Crippen LogP contribution in [0.25, 0.3) is 0 Å². The molecule has 1 aromatic rings. The lowest BCUT2D eigenvalue weighted by molar-refractivity contribution is 0.216. The SMILES string of the molecule is CC(C)C1CCC(Cl)C(CCSc2ccccc2)C1. The molecule has 0 spiro atoms. The average molecular weight is 297 g/mol. The number of hydrogen-bond donors (Lipinski definition) is 0. The van der Waals surface area contributed by atoms with Gasteiger partial charge in [0, 0.05) is 10.3 Å². The third-order valence-corrected chi connectivity index (χ3v) is 5.99. The molecule has 0 saturated heterocycles. The van der Waals surface area contributed by atoms with Crippen molar-refractivity contribution in [3.63, 3.8) is 0 Å². The van der Waals surface area contributed by atoms with Crippen LogP contribution in [0.5, 0.6) is 0 Å². The molecule has 0 aromatic heterocycles. The van der Waals surface area contributed by atoms with E-state index >= 15 is 0 Å². The van der Waals surface area contributed by atoms with Crippen LogP contribution >= 0.6 is 23.4 Å². The quantitative estimate of drug-likeness (QED) is 0.485. The number of thioether (sulfide) groups is 1. The van der Waals surface area contributed by atoms with Crippen molar-refractivity contribution in [3.8, 4) is 0 Å². The van der Waals surface area contributed by atoms with E-state index in [1.54, 1.807) is 0 Å². The van der Waals surface area contributed by atoms with Crippen molar-refractivity contribution in [1.82, 2.24) is 0 Å². The van der Waals surface area contributed by atoms with E-state index in [9.17, 15) is 0 Å². The fourth-order valence-corrected chi connectivity index (χ4v) is 4.37. The Morgan fingerprint density at radius 2 is 1.95 bits per heavy atom. The van der Waals surface area contributed by atoms with E-state index in [4.69, 9.17) is 11.6 Å². The summed E-state index contributed by atoms with van der Waals surface area (Å²) in [6.07, 6.45) is 5.14. The Balaban J connectivity index is 1.77. The van der Waals surface area contributed by atoms with E-state index in [1.807, 2.05) is 11.8 Å². The third-order valence-electron chi connectivity index (χ3n) is 4.37. The molecule has 2 heteroatoms. The first kappa shape index (κ1) is 15.3. The van der Waals surface area contributed by atoms with Gasteiger partial charge in [0.25, 0.3) is 0 Å². The molecule has 1 saturated carbocycles. The lowest BCUT2D eigenvalue weighted by Crippen LogP contribution is -2.28. The molecule has 3 atom stereocenters. The maximum Gasteiger partial charge on any atom is 0.0364 e. The molecule has 1 aromatic carbocycles.